The lowest BCUT2D eigenvalue weighted by Crippen LogP contribution is -2.46. The minimum atomic E-state index is -0.250. The molecule has 2 saturated heterocycles. The first-order valence-electron chi connectivity index (χ1n) is 7.33. The number of Topliss-reactive ketones (excluding diaryl/α,β-unsaturated/α-hetero) is 1. The average molecular weight is 284 g/mol. The zero-order valence-electron chi connectivity index (χ0n) is 11.5. The molecule has 1 aromatic rings. The van der Waals surface area contributed by atoms with Crippen molar-refractivity contribution in [2.45, 2.75) is 31.2 Å². The van der Waals surface area contributed by atoms with Gasteiger partial charge in [0.05, 0.1) is 24.5 Å². The van der Waals surface area contributed by atoms with Crippen LogP contribution in [0.4, 0.5) is 0 Å². The van der Waals surface area contributed by atoms with Gasteiger partial charge in [0.25, 0.3) is 0 Å². The van der Waals surface area contributed by atoms with Crippen LogP contribution < -0.4 is 0 Å². The van der Waals surface area contributed by atoms with Crippen molar-refractivity contribution in [2.24, 2.45) is 11.8 Å². The second-order valence-electron chi connectivity index (χ2n) is 5.90. The predicted molar refractivity (Wildman–Crippen MR) is 74.3 cm³/mol. The Morgan fingerprint density at radius 3 is 2.52 bits per heavy atom. The molecule has 0 N–H and O–H groups in total. The summed E-state index contributed by atoms with van der Waals surface area (Å²) in [7, 11) is 0. The highest BCUT2D eigenvalue weighted by Crippen LogP contribution is 2.43. The maximum absolute atomic E-state index is 12.6. The highest BCUT2D eigenvalue weighted by atomic mass is 16.6. The van der Waals surface area contributed by atoms with E-state index in [0.717, 1.165) is 5.56 Å². The lowest BCUT2D eigenvalue weighted by molar-refractivity contribution is -0.149. The second-order valence-corrected chi connectivity index (χ2v) is 5.90. The zero-order valence-corrected chi connectivity index (χ0v) is 11.5. The van der Waals surface area contributed by atoms with Crippen LogP contribution in [0.5, 0.6) is 0 Å². The molecule has 0 spiro atoms. The van der Waals surface area contributed by atoms with E-state index in [9.17, 15) is 9.59 Å². The summed E-state index contributed by atoms with van der Waals surface area (Å²) in [5.41, 5.74) is 1.03. The minimum absolute atomic E-state index is 0.0586. The molecule has 5 atom stereocenters. The summed E-state index contributed by atoms with van der Waals surface area (Å²) < 4.78 is 11.4. The molecular formula is C17H16O4. The Morgan fingerprint density at radius 1 is 0.952 bits per heavy atom. The molecule has 2 aliphatic heterocycles. The number of carbonyl (C=O) groups excluding carboxylic acids is 2. The van der Waals surface area contributed by atoms with Crippen molar-refractivity contribution in [2.75, 3.05) is 0 Å². The summed E-state index contributed by atoms with van der Waals surface area (Å²) in [6, 6.07) is 9.81. The van der Waals surface area contributed by atoms with Gasteiger partial charge in [-0.05, 0) is 11.6 Å². The smallest absolute Gasteiger partial charge is 0.306 e. The van der Waals surface area contributed by atoms with Crippen LogP contribution in [0.3, 0.4) is 0 Å². The number of fused-ring (bicyclic) bond motifs is 3. The van der Waals surface area contributed by atoms with Crippen LogP contribution in [0.15, 0.2) is 42.5 Å². The number of esters is 1. The van der Waals surface area contributed by atoms with Crippen molar-refractivity contribution >= 4 is 11.8 Å². The third kappa shape index (κ3) is 2.10. The number of ketones is 1. The van der Waals surface area contributed by atoms with E-state index >= 15 is 0 Å². The lowest BCUT2D eigenvalue weighted by atomic mass is 9.73. The van der Waals surface area contributed by atoms with Crippen LogP contribution in [0.25, 0.3) is 0 Å². The monoisotopic (exact) mass is 284 g/mol. The predicted octanol–water partition coefficient (Wildman–Crippen LogP) is 2.20. The van der Waals surface area contributed by atoms with Gasteiger partial charge in [-0.25, -0.2) is 0 Å². The third-order valence-electron chi connectivity index (χ3n) is 4.65. The van der Waals surface area contributed by atoms with E-state index < -0.39 is 0 Å². The summed E-state index contributed by atoms with van der Waals surface area (Å²) in [5, 5.41) is 0. The first-order valence-corrected chi connectivity index (χ1v) is 7.33. The molecular weight excluding hydrogens is 268 g/mol. The number of rotatable bonds is 1. The summed E-state index contributed by atoms with van der Waals surface area (Å²) in [6.07, 6.45) is 3.76. The Balaban J connectivity index is 1.61. The molecule has 4 heteroatoms. The Labute approximate surface area is 122 Å². The second kappa shape index (κ2) is 4.81. The number of hydrogen-bond donors (Lipinski definition) is 0. The van der Waals surface area contributed by atoms with E-state index in [2.05, 4.69) is 0 Å². The Morgan fingerprint density at radius 2 is 1.71 bits per heavy atom. The fourth-order valence-electron chi connectivity index (χ4n) is 3.66. The summed E-state index contributed by atoms with van der Waals surface area (Å²) in [6.45, 7) is 0. The van der Waals surface area contributed by atoms with E-state index in [4.69, 9.17) is 9.47 Å². The quantitative estimate of drug-likeness (QED) is 0.586. The van der Waals surface area contributed by atoms with Crippen molar-refractivity contribution in [3.8, 4) is 0 Å². The van der Waals surface area contributed by atoms with Crippen LogP contribution in [-0.2, 0) is 19.1 Å². The molecule has 108 valence electrons. The van der Waals surface area contributed by atoms with Gasteiger partial charge in [-0.3, -0.25) is 9.59 Å². The van der Waals surface area contributed by atoms with Gasteiger partial charge in [-0.2, -0.15) is 0 Å². The van der Waals surface area contributed by atoms with Crippen LogP contribution in [0.2, 0.25) is 0 Å². The van der Waals surface area contributed by atoms with Gasteiger partial charge < -0.3 is 9.47 Å². The molecule has 0 amide bonds. The molecule has 0 saturated carbocycles. The first kappa shape index (κ1) is 12.8. The van der Waals surface area contributed by atoms with Crippen molar-refractivity contribution in [1.82, 2.24) is 0 Å². The molecule has 4 nitrogen and oxygen atoms in total. The standard InChI is InChI=1S/C17H16O4/c18-12-9-15(10-4-2-1-3-5-10)20-14-7-6-13-11(17(12)14)8-16(19)21-13/h1-7,11,13-15,17H,8-9H2/t11-,13-,14-,15+,17-/m0/s1. The van der Waals surface area contributed by atoms with E-state index in [1.54, 1.807) is 0 Å². The van der Waals surface area contributed by atoms with Gasteiger partial charge in [0.1, 0.15) is 11.9 Å². The maximum atomic E-state index is 12.6. The van der Waals surface area contributed by atoms with Gasteiger partial charge in [0, 0.05) is 12.3 Å². The molecule has 3 aliphatic rings. The van der Waals surface area contributed by atoms with Gasteiger partial charge >= 0.3 is 5.97 Å². The zero-order chi connectivity index (χ0) is 14.4. The fourth-order valence-corrected chi connectivity index (χ4v) is 3.66. The average Bonchev–Trinajstić information content (AvgIpc) is 2.88. The third-order valence-corrected chi connectivity index (χ3v) is 4.65. The Bertz CT molecular complexity index is 606. The molecule has 0 aromatic heterocycles. The topological polar surface area (TPSA) is 52.6 Å². The number of ether oxygens (including phenoxy) is 2. The summed E-state index contributed by atoms with van der Waals surface area (Å²) in [5.74, 6) is -0.339. The van der Waals surface area contributed by atoms with Gasteiger partial charge in [0.2, 0.25) is 0 Å². The number of hydrogen-bond acceptors (Lipinski definition) is 4. The van der Waals surface area contributed by atoms with Crippen molar-refractivity contribution in [3.05, 3.63) is 48.0 Å². The summed E-state index contributed by atoms with van der Waals surface area (Å²) >= 11 is 0. The highest BCUT2D eigenvalue weighted by molar-refractivity contribution is 5.85. The lowest BCUT2D eigenvalue weighted by Gasteiger charge is -2.40. The highest BCUT2D eigenvalue weighted by Gasteiger charge is 2.50. The molecule has 1 aliphatic carbocycles. The fraction of sp³-hybridized carbons (Fsp3) is 0.412. The molecule has 2 fully saturated rings. The van der Waals surface area contributed by atoms with Crippen LogP contribution in [0, 0.1) is 11.8 Å². The van der Waals surface area contributed by atoms with Crippen molar-refractivity contribution in [3.63, 3.8) is 0 Å². The first-order chi connectivity index (χ1) is 10.2. The maximum Gasteiger partial charge on any atom is 0.306 e. The van der Waals surface area contributed by atoms with Gasteiger partial charge in [0.15, 0.2) is 0 Å². The van der Waals surface area contributed by atoms with Crippen LogP contribution in [0.1, 0.15) is 24.5 Å². The number of benzene rings is 1. The Kier molecular flexibility index (Phi) is 2.93. The molecule has 0 radical (unpaired) electrons. The largest absolute Gasteiger partial charge is 0.458 e. The molecule has 4 rings (SSSR count). The molecule has 2 heterocycles. The van der Waals surface area contributed by atoms with Gasteiger partial charge in [-0.15, -0.1) is 0 Å². The van der Waals surface area contributed by atoms with Crippen LogP contribution in [-0.4, -0.2) is 24.0 Å². The SMILES string of the molecule is O=C1C[C@@H]2[C@H]3C(=O)C[C@H](c4ccccc4)O[C@H]3C=C[C@@H]2O1. The van der Waals surface area contributed by atoms with Crippen LogP contribution >= 0.6 is 0 Å². The van der Waals surface area contributed by atoms with E-state index in [0.29, 0.717) is 12.8 Å². The molecule has 0 bridgehead atoms. The molecule has 1 aromatic carbocycles. The van der Waals surface area contributed by atoms with Gasteiger partial charge in [-0.1, -0.05) is 36.4 Å². The summed E-state index contributed by atoms with van der Waals surface area (Å²) in [4.78, 5) is 24.0. The van der Waals surface area contributed by atoms with E-state index in [1.165, 1.54) is 0 Å². The minimum Gasteiger partial charge on any atom is -0.458 e. The van der Waals surface area contributed by atoms with Crippen molar-refractivity contribution in [1.29, 1.82) is 0 Å². The van der Waals surface area contributed by atoms with E-state index in [-0.39, 0.29) is 41.9 Å². The normalized spacial score (nSPS) is 37.8. The van der Waals surface area contributed by atoms with E-state index in [1.807, 2.05) is 42.5 Å². The number of carbonyl (C=O) groups is 2. The molecule has 21 heavy (non-hydrogen) atoms. The van der Waals surface area contributed by atoms with Crippen molar-refractivity contribution < 1.29 is 19.1 Å². The Hall–Kier alpha value is -1.94. The molecule has 0 unspecified atom stereocenters.